The summed E-state index contributed by atoms with van der Waals surface area (Å²) >= 11 is 0. The summed E-state index contributed by atoms with van der Waals surface area (Å²) in [6, 6.07) is 8.75. The molecule has 5 heteroatoms. The van der Waals surface area contributed by atoms with Gasteiger partial charge in [0.15, 0.2) is 0 Å². The maximum absolute atomic E-state index is 12.5. The number of H-pyrrole nitrogens is 1. The van der Waals surface area contributed by atoms with Crippen LogP contribution in [0.2, 0.25) is 0 Å². The van der Waals surface area contributed by atoms with Gasteiger partial charge >= 0.3 is 5.97 Å². The van der Waals surface area contributed by atoms with Gasteiger partial charge in [0.2, 0.25) is 0 Å². The van der Waals surface area contributed by atoms with E-state index >= 15 is 0 Å². The van der Waals surface area contributed by atoms with Gasteiger partial charge in [-0.2, -0.15) is 0 Å². The largest absolute Gasteiger partial charge is 0.478 e. The number of aromatic nitrogens is 1. The topological polar surface area (TPSA) is 73.4 Å². The first kappa shape index (κ1) is 14.4. The van der Waals surface area contributed by atoms with Crippen LogP contribution in [-0.4, -0.2) is 33.9 Å². The van der Waals surface area contributed by atoms with Gasteiger partial charge in [0.1, 0.15) is 5.69 Å². The van der Waals surface area contributed by atoms with E-state index < -0.39 is 5.97 Å². The number of aryl methyl sites for hydroxylation is 1. The third-order valence-corrected chi connectivity index (χ3v) is 4.29. The number of carboxylic acid groups (broad SMARTS) is 1. The Morgan fingerprint density at radius 3 is 2.82 bits per heavy atom. The first-order chi connectivity index (χ1) is 10.6. The van der Waals surface area contributed by atoms with Gasteiger partial charge in [0.25, 0.3) is 5.91 Å². The molecular formula is C17H18N2O3. The molecule has 0 unspecified atom stereocenters. The Bertz CT molecular complexity index is 707. The number of hydrogen-bond acceptors (Lipinski definition) is 2. The van der Waals surface area contributed by atoms with E-state index in [0.717, 1.165) is 30.4 Å². The van der Waals surface area contributed by atoms with Gasteiger partial charge in [0, 0.05) is 13.2 Å². The molecule has 1 amide bonds. The van der Waals surface area contributed by atoms with E-state index in [0.29, 0.717) is 11.3 Å². The lowest BCUT2D eigenvalue weighted by atomic mass is 9.85. The first-order valence-electron chi connectivity index (χ1n) is 7.34. The molecule has 0 radical (unpaired) electrons. The van der Waals surface area contributed by atoms with Crippen molar-refractivity contribution in [1.29, 1.82) is 0 Å². The zero-order chi connectivity index (χ0) is 15.7. The monoisotopic (exact) mass is 298 g/mol. The Balaban J connectivity index is 1.91. The molecule has 0 fully saturated rings. The third kappa shape index (κ3) is 2.50. The van der Waals surface area contributed by atoms with Crippen LogP contribution < -0.4 is 0 Å². The normalized spacial score (nSPS) is 16.9. The molecule has 2 N–H and O–H groups in total. The maximum Gasteiger partial charge on any atom is 0.335 e. The van der Waals surface area contributed by atoms with E-state index in [9.17, 15) is 9.59 Å². The zero-order valence-electron chi connectivity index (χ0n) is 12.4. The van der Waals surface area contributed by atoms with Gasteiger partial charge in [0.05, 0.1) is 11.6 Å². The number of rotatable bonds is 3. The molecule has 114 valence electrons. The van der Waals surface area contributed by atoms with Gasteiger partial charge in [-0.25, -0.2) is 4.79 Å². The number of nitrogens with zero attached hydrogens (tertiary/aromatic N) is 1. The van der Waals surface area contributed by atoms with E-state index in [4.69, 9.17) is 5.11 Å². The number of aromatic carboxylic acids is 1. The summed E-state index contributed by atoms with van der Waals surface area (Å²) in [6.07, 6.45) is 4.43. The number of aromatic amines is 1. The van der Waals surface area contributed by atoms with Crippen LogP contribution in [0.15, 0.2) is 36.5 Å². The summed E-state index contributed by atoms with van der Waals surface area (Å²) in [6.45, 7) is 0. The van der Waals surface area contributed by atoms with Crippen molar-refractivity contribution < 1.29 is 14.7 Å². The van der Waals surface area contributed by atoms with Crippen LogP contribution in [0.1, 0.15) is 50.9 Å². The average Bonchev–Trinajstić information content (AvgIpc) is 3.06. The predicted octanol–water partition coefficient (Wildman–Crippen LogP) is 2.86. The molecular weight excluding hydrogens is 280 g/mol. The van der Waals surface area contributed by atoms with Crippen LogP contribution in [0.5, 0.6) is 0 Å². The second kappa shape index (κ2) is 5.67. The Labute approximate surface area is 128 Å². The summed E-state index contributed by atoms with van der Waals surface area (Å²) in [5.74, 6) is -0.967. The first-order valence-corrected chi connectivity index (χ1v) is 7.34. The Morgan fingerprint density at radius 2 is 2.14 bits per heavy atom. The van der Waals surface area contributed by atoms with Crippen molar-refractivity contribution in [2.45, 2.75) is 25.3 Å². The number of amides is 1. The predicted molar refractivity (Wildman–Crippen MR) is 82.0 cm³/mol. The number of carbonyl (C=O) groups excluding carboxylic acids is 1. The van der Waals surface area contributed by atoms with Gasteiger partial charge in [-0.3, -0.25) is 4.79 Å². The lowest BCUT2D eigenvalue weighted by Crippen LogP contribution is -2.33. The van der Waals surface area contributed by atoms with Crippen molar-refractivity contribution in [3.8, 4) is 0 Å². The molecule has 0 bridgehead atoms. The maximum atomic E-state index is 12.5. The van der Waals surface area contributed by atoms with Crippen molar-refractivity contribution in [2.75, 3.05) is 7.05 Å². The minimum absolute atomic E-state index is 0.0117. The molecule has 1 heterocycles. The Hall–Kier alpha value is -2.56. The highest BCUT2D eigenvalue weighted by molar-refractivity contribution is 5.92. The van der Waals surface area contributed by atoms with E-state index in [1.165, 1.54) is 0 Å². The highest BCUT2D eigenvalue weighted by Gasteiger charge is 2.28. The molecule has 1 aliphatic rings. The third-order valence-electron chi connectivity index (χ3n) is 4.29. The van der Waals surface area contributed by atoms with E-state index in [1.807, 2.05) is 6.07 Å². The number of carbonyl (C=O) groups is 2. The molecule has 1 aromatic carbocycles. The Morgan fingerprint density at radius 1 is 1.32 bits per heavy atom. The smallest absolute Gasteiger partial charge is 0.335 e. The number of benzene rings is 1. The van der Waals surface area contributed by atoms with Crippen molar-refractivity contribution >= 4 is 11.9 Å². The van der Waals surface area contributed by atoms with Gasteiger partial charge in [-0.05, 0) is 54.7 Å². The SMILES string of the molecule is CN(C(=O)c1ccc[nH]1)[C@@H]1CCCc2cc(C(=O)O)ccc21. The zero-order valence-corrected chi connectivity index (χ0v) is 12.4. The molecule has 1 aliphatic carbocycles. The quantitative estimate of drug-likeness (QED) is 0.915. The van der Waals surface area contributed by atoms with Crippen LogP contribution in [-0.2, 0) is 6.42 Å². The minimum Gasteiger partial charge on any atom is -0.478 e. The van der Waals surface area contributed by atoms with E-state index in [1.54, 1.807) is 42.4 Å². The number of carboxylic acids is 1. The second-order valence-corrected chi connectivity index (χ2v) is 5.63. The lowest BCUT2D eigenvalue weighted by Gasteiger charge is -2.33. The molecule has 0 saturated carbocycles. The van der Waals surface area contributed by atoms with Crippen molar-refractivity contribution in [2.24, 2.45) is 0 Å². The Kier molecular flexibility index (Phi) is 3.71. The fourth-order valence-corrected chi connectivity index (χ4v) is 3.12. The highest BCUT2D eigenvalue weighted by atomic mass is 16.4. The van der Waals surface area contributed by atoms with Crippen LogP contribution in [0.25, 0.3) is 0 Å². The molecule has 0 aliphatic heterocycles. The molecule has 22 heavy (non-hydrogen) atoms. The summed E-state index contributed by atoms with van der Waals surface area (Å²) in [5.41, 5.74) is 2.95. The number of nitrogens with one attached hydrogen (secondary N) is 1. The van der Waals surface area contributed by atoms with Gasteiger partial charge < -0.3 is 15.0 Å². The summed E-state index contributed by atoms with van der Waals surface area (Å²) < 4.78 is 0. The number of hydrogen-bond donors (Lipinski definition) is 2. The van der Waals surface area contributed by atoms with Gasteiger partial charge in [-0.15, -0.1) is 0 Å². The highest BCUT2D eigenvalue weighted by Crippen LogP contribution is 2.34. The summed E-state index contributed by atoms with van der Waals surface area (Å²) in [5, 5.41) is 9.11. The molecule has 5 nitrogen and oxygen atoms in total. The van der Waals surface area contributed by atoms with Crippen LogP contribution >= 0.6 is 0 Å². The van der Waals surface area contributed by atoms with Crippen LogP contribution in [0, 0.1) is 0 Å². The number of fused-ring (bicyclic) bond motifs is 1. The van der Waals surface area contributed by atoms with Crippen LogP contribution in [0.4, 0.5) is 0 Å². The van der Waals surface area contributed by atoms with E-state index in [-0.39, 0.29) is 11.9 Å². The summed E-state index contributed by atoms with van der Waals surface area (Å²) in [4.78, 5) is 28.3. The molecule has 0 saturated heterocycles. The van der Waals surface area contributed by atoms with Gasteiger partial charge in [-0.1, -0.05) is 6.07 Å². The summed E-state index contributed by atoms with van der Waals surface area (Å²) in [7, 11) is 1.80. The lowest BCUT2D eigenvalue weighted by molar-refractivity contribution is 0.0688. The van der Waals surface area contributed by atoms with E-state index in [2.05, 4.69) is 4.98 Å². The minimum atomic E-state index is -0.916. The van der Waals surface area contributed by atoms with Crippen molar-refractivity contribution in [3.05, 3.63) is 58.9 Å². The fraction of sp³-hybridized carbons (Fsp3) is 0.294. The fourth-order valence-electron chi connectivity index (χ4n) is 3.12. The molecule has 2 aromatic rings. The molecule has 3 rings (SSSR count). The second-order valence-electron chi connectivity index (χ2n) is 5.63. The molecule has 1 atom stereocenters. The molecule has 0 spiro atoms. The van der Waals surface area contributed by atoms with Crippen LogP contribution in [0.3, 0.4) is 0 Å². The average molecular weight is 298 g/mol. The van der Waals surface area contributed by atoms with Crippen molar-refractivity contribution in [1.82, 2.24) is 9.88 Å². The standard InChI is InChI=1S/C17H18N2O3/c1-19(16(20)14-5-3-9-18-14)15-6-2-4-11-10-12(17(21)22)7-8-13(11)15/h3,5,7-10,15,18H,2,4,6H2,1H3,(H,21,22)/t15-/m1/s1. The van der Waals surface area contributed by atoms with Crippen molar-refractivity contribution in [3.63, 3.8) is 0 Å². The molecule has 1 aromatic heterocycles.